The first-order valence-electron chi connectivity index (χ1n) is 6.79. The summed E-state index contributed by atoms with van der Waals surface area (Å²) in [5.41, 5.74) is 3.76. The third-order valence-corrected chi connectivity index (χ3v) is 3.91. The molecule has 0 bridgehead atoms. The van der Waals surface area contributed by atoms with Gasteiger partial charge in [0.25, 0.3) is 0 Å². The van der Waals surface area contributed by atoms with Crippen LogP contribution in [0, 0.1) is 5.92 Å². The molecule has 114 valence electrons. The first kappa shape index (κ1) is 16.2. The van der Waals surface area contributed by atoms with Gasteiger partial charge in [-0.2, -0.15) is 5.10 Å². The highest BCUT2D eigenvalue weighted by atomic mass is 35.5. The van der Waals surface area contributed by atoms with E-state index in [1.165, 1.54) is 0 Å². The van der Waals surface area contributed by atoms with E-state index >= 15 is 0 Å². The first-order chi connectivity index (χ1) is 10.0. The third kappa shape index (κ3) is 4.17. The molecule has 0 spiro atoms. The summed E-state index contributed by atoms with van der Waals surface area (Å²) in [4.78, 5) is 4.32. The Bertz CT molecular complexity index is 597. The van der Waals surface area contributed by atoms with Gasteiger partial charge in [-0.3, -0.25) is 11.3 Å². The first-order valence-corrected chi connectivity index (χ1v) is 7.54. The lowest BCUT2D eigenvalue weighted by molar-refractivity contribution is 0.446. The van der Waals surface area contributed by atoms with Gasteiger partial charge in [-0.25, -0.2) is 9.67 Å². The van der Waals surface area contributed by atoms with Crippen molar-refractivity contribution in [1.29, 1.82) is 0 Å². The third-order valence-electron chi connectivity index (χ3n) is 3.17. The minimum Gasteiger partial charge on any atom is -0.271 e. The van der Waals surface area contributed by atoms with Crippen molar-refractivity contribution in [2.45, 2.75) is 32.9 Å². The van der Waals surface area contributed by atoms with Gasteiger partial charge in [0.1, 0.15) is 12.2 Å². The Morgan fingerprint density at radius 3 is 2.67 bits per heavy atom. The molecule has 1 unspecified atom stereocenters. The molecule has 2 rings (SSSR count). The molecule has 1 atom stereocenters. The van der Waals surface area contributed by atoms with Crippen molar-refractivity contribution in [2.24, 2.45) is 11.8 Å². The second-order valence-corrected chi connectivity index (χ2v) is 6.16. The summed E-state index contributed by atoms with van der Waals surface area (Å²) >= 11 is 12.0. The number of nitrogens with one attached hydrogen (secondary N) is 1. The van der Waals surface area contributed by atoms with Crippen LogP contribution < -0.4 is 11.3 Å². The Balaban J connectivity index is 2.19. The van der Waals surface area contributed by atoms with Crippen LogP contribution in [-0.4, -0.2) is 14.8 Å². The molecule has 0 amide bonds. The number of hydrazine groups is 1. The van der Waals surface area contributed by atoms with Crippen LogP contribution in [-0.2, 0) is 13.0 Å². The summed E-state index contributed by atoms with van der Waals surface area (Å²) in [6.07, 6.45) is 2.20. The predicted molar refractivity (Wildman–Crippen MR) is 85.1 cm³/mol. The molecule has 2 aromatic rings. The van der Waals surface area contributed by atoms with Crippen molar-refractivity contribution < 1.29 is 0 Å². The van der Waals surface area contributed by atoms with Crippen molar-refractivity contribution in [3.63, 3.8) is 0 Å². The Hall–Kier alpha value is -1.14. The number of hydrogen-bond donors (Lipinski definition) is 2. The average molecular weight is 328 g/mol. The van der Waals surface area contributed by atoms with Gasteiger partial charge in [0.05, 0.1) is 16.1 Å². The second-order valence-electron chi connectivity index (χ2n) is 5.35. The number of hydrogen-bond acceptors (Lipinski definition) is 4. The van der Waals surface area contributed by atoms with Crippen LogP contribution in [0.1, 0.15) is 31.3 Å². The quantitative estimate of drug-likeness (QED) is 0.632. The van der Waals surface area contributed by atoms with Gasteiger partial charge >= 0.3 is 0 Å². The Labute approximate surface area is 134 Å². The van der Waals surface area contributed by atoms with E-state index < -0.39 is 0 Å². The van der Waals surface area contributed by atoms with E-state index in [-0.39, 0.29) is 6.04 Å². The summed E-state index contributed by atoms with van der Waals surface area (Å²) in [5, 5.41) is 5.30. The summed E-state index contributed by atoms with van der Waals surface area (Å²) in [7, 11) is 0. The van der Waals surface area contributed by atoms with Crippen molar-refractivity contribution in [3.05, 3.63) is 46.0 Å². The van der Waals surface area contributed by atoms with Gasteiger partial charge in [0.15, 0.2) is 0 Å². The number of rotatable bonds is 6. The molecule has 0 saturated carbocycles. The topological polar surface area (TPSA) is 68.8 Å². The minimum atomic E-state index is -0.102. The lowest BCUT2D eigenvalue weighted by atomic mass is 10.0. The minimum absolute atomic E-state index is 0.102. The molecule has 3 N–H and O–H groups in total. The van der Waals surface area contributed by atoms with Crippen LogP contribution in [0.5, 0.6) is 0 Å². The fourth-order valence-corrected chi connectivity index (χ4v) is 2.44. The molecule has 0 saturated heterocycles. The fraction of sp³-hybridized carbons (Fsp3) is 0.429. The van der Waals surface area contributed by atoms with Gasteiger partial charge in [-0.1, -0.05) is 43.1 Å². The monoisotopic (exact) mass is 327 g/mol. The zero-order chi connectivity index (χ0) is 15.4. The van der Waals surface area contributed by atoms with Crippen LogP contribution in [0.15, 0.2) is 24.5 Å². The summed E-state index contributed by atoms with van der Waals surface area (Å²) < 4.78 is 1.91. The lowest BCUT2D eigenvalue weighted by Crippen LogP contribution is -2.30. The molecule has 0 fully saturated rings. The molecule has 0 aliphatic heterocycles. The molecule has 7 heteroatoms. The fourth-order valence-electron chi connectivity index (χ4n) is 2.13. The van der Waals surface area contributed by atoms with Gasteiger partial charge < -0.3 is 0 Å². The van der Waals surface area contributed by atoms with Crippen LogP contribution in [0.3, 0.4) is 0 Å². The van der Waals surface area contributed by atoms with Crippen molar-refractivity contribution in [2.75, 3.05) is 0 Å². The molecular formula is C14H19Cl2N5. The molecule has 0 aliphatic carbocycles. The standard InChI is InChI=1S/C14H19Cl2N5/c1-9(2)7-21-14(18-8-19-21)6-13(20-17)10-3-4-11(15)12(16)5-10/h3-5,8-9,13,20H,6-7,17H2,1-2H3. The van der Waals surface area contributed by atoms with E-state index in [0.717, 1.165) is 17.9 Å². The molecule has 1 aromatic heterocycles. The van der Waals surface area contributed by atoms with E-state index in [9.17, 15) is 0 Å². The maximum absolute atomic E-state index is 6.06. The summed E-state index contributed by atoms with van der Waals surface area (Å²) in [6, 6.07) is 5.39. The maximum atomic E-state index is 6.06. The van der Waals surface area contributed by atoms with E-state index in [0.29, 0.717) is 22.4 Å². The number of benzene rings is 1. The Morgan fingerprint density at radius 2 is 2.05 bits per heavy atom. The van der Waals surface area contributed by atoms with E-state index in [4.69, 9.17) is 29.0 Å². The van der Waals surface area contributed by atoms with Crippen molar-refractivity contribution in [3.8, 4) is 0 Å². The van der Waals surface area contributed by atoms with Crippen LogP contribution >= 0.6 is 23.2 Å². The van der Waals surface area contributed by atoms with Crippen LogP contribution in [0.4, 0.5) is 0 Å². The van der Waals surface area contributed by atoms with Crippen LogP contribution in [0.2, 0.25) is 10.0 Å². The van der Waals surface area contributed by atoms with Crippen LogP contribution in [0.25, 0.3) is 0 Å². The van der Waals surface area contributed by atoms with Gasteiger partial charge in [-0.05, 0) is 23.6 Å². The molecule has 21 heavy (non-hydrogen) atoms. The van der Waals surface area contributed by atoms with E-state index in [2.05, 4.69) is 29.4 Å². The van der Waals surface area contributed by atoms with Gasteiger partial charge in [0, 0.05) is 13.0 Å². The Morgan fingerprint density at radius 1 is 1.29 bits per heavy atom. The number of nitrogens with zero attached hydrogens (tertiary/aromatic N) is 3. The average Bonchev–Trinajstić information content (AvgIpc) is 2.85. The Kier molecular flexibility index (Phi) is 5.58. The number of aromatic nitrogens is 3. The molecule has 0 radical (unpaired) electrons. The lowest BCUT2D eigenvalue weighted by Gasteiger charge is -2.17. The molecule has 1 heterocycles. The maximum Gasteiger partial charge on any atom is 0.138 e. The van der Waals surface area contributed by atoms with E-state index in [1.807, 2.05) is 16.8 Å². The molecule has 5 nitrogen and oxygen atoms in total. The van der Waals surface area contributed by atoms with Crippen molar-refractivity contribution in [1.82, 2.24) is 20.2 Å². The molecular weight excluding hydrogens is 309 g/mol. The summed E-state index contributed by atoms with van der Waals surface area (Å²) in [6.45, 7) is 5.11. The molecule has 1 aromatic carbocycles. The largest absolute Gasteiger partial charge is 0.271 e. The summed E-state index contributed by atoms with van der Waals surface area (Å²) in [5.74, 6) is 7.06. The highest BCUT2D eigenvalue weighted by Crippen LogP contribution is 2.26. The SMILES string of the molecule is CC(C)Cn1ncnc1CC(NN)c1ccc(Cl)c(Cl)c1. The predicted octanol–water partition coefficient (Wildman–Crippen LogP) is 2.99. The number of halogens is 2. The zero-order valence-electron chi connectivity index (χ0n) is 12.1. The number of nitrogens with two attached hydrogens (primary N) is 1. The highest BCUT2D eigenvalue weighted by Gasteiger charge is 2.16. The second kappa shape index (κ2) is 7.22. The zero-order valence-corrected chi connectivity index (χ0v) is 13.6. The van der Waals surface area contributed by atoms with E-state index in [1.54, 1.807) is 12.4 Å². The van der Waals surface area contributed by atoms with Gasteiger partial charge in [-0.15, -0.1) is 0 Å². The normalized spacial score (nSPS) is 12.9. The van der Waals surface area contributed by atoms with Crippen molar-refractivity contribution >= 4 is 23.2 Å². The van der Waals surface area contributed by atoms with Gasteiger partial charge in [0.2, 0.25) is 0 Å². The molecule has 0 aliphatic rings. The smallest absolute Gasteiger partial charge is 0.138 e. The highest BCUT2D eigenvalue weighted by molar-refractivity contribution is 6.42.